The fraction of sp³-hybridized carbons (Fsp3) is 0.0435. The molecule has 0 saturated heterocycles. The summed E-state index contributed by atoms with van der Waals surface area (Å²) in [7, 11) is 0. The molecule has 166 valence electrons. The molecule has 1 heterocycles. The maximum Gasteiger partial charge on any atom is 0.202 e. The Kier molecular flexibility index (Phi) is 7.49. The summed E-state index contributed by atoms with van der Waals surface area (Å²) in [6.45, 7) is 1.45. The van der Waals surface area contributed by atoms with Crippen molar-refractivity contribution in [2.45, 2.75) is 12.1 Å². The third-order valence-electron chi connectivity index (χ3n) is 4.44. The van der Waals surface area contributed by atoms with Crippen LogP contribution in [0.2, 0.25) is 10.0 Å². The first-order chi connectivity index (χ1) is 15.9. The van der Waals surface area contributed by atoms with Crippen LogP contribution in [0.25, 0.3) is 17.1 Å². The third kappa shape index (κ3) is 5.65. The zero-order valence-corrected chi connectivity index (χ0v) is 21.1. The van der Waals surface area contributed by atoms with Crippen molar-refractivity contribution < 1.29 is 4.79 Å². The monoisotopic (exact) mass is 559 g/mol. The van der Waals surface area contributed by atoms with E-state index < -0.39 is 0 Å². The lowest BCUT2D eigenvalue weighted by Crippen LogP contribution is -2.10. The highest BCUT2D eigenvalue weighted by Gasteiger charge is 2.21. The second-order valence-corrected chi connectivity index (χ2v) is 9.51. The van der Waals surface area contributed by atoms with Crippen molar-refractivity contribution >= 4 is 67.4 Å². The van der Waals surface area contributed by atoms with Crippen LogP contribution in [-0.4, -0.2) is 25.6 Å². The van der Waals surface area contributed by atoms with E-state index in [-0.39, 0.29) is 10.8 Å². The molecule has 6 nitrogen and oxygen atoms in total. The van der Waals surface area contributed by atoms with Gasteiger partial charge in [-0.05, 0) is 66.4 Å². The molecule has 0 aliphatic carbocycles. The largest absolute Gasteiger partial charge is 0.292 e. The van der Waals surface area contributed by atoms with Crippen molar-refractivity contribution in [3.8, 4) is 17.1 Å². The Morgan fingerprint density at radius 3 is 2.42 bits per heavy atom. The first-order valence-corrected chi connectivity index (χ1v) is 12.0. The van der Waals surface area contributed by atoms with Gasteiger partial charge in [0.15, 0.2) is 16.7 Å². The first kappa shape index (κ1) is 23.5. The van der Waals surface area contributed by atoms with Crippen LogP contribution in [0.3, 0.4) is 0 Å². The van der Waals surface area contributed by atoms with E-state index in [1.54, 1.807) is 18.2 Å². The highest BCUT2D eigenvalue weighted by Crippen LogP contribution is 2.34. The fourth-order valence-corrected chi connectivity index (χ4v) is 4.42. The van der Waals surface area contributed by atoms with E-state index in [4.69, 9.17) is 23.2 Å². The summed E-state index contributed by atoms with van der Waals surface area (Å²) in [6, 6.07) is 22.2. The molecule has 0 atom stereocenters. The number of Topliss-reactive ketones (excluding diaryl/α,β-unsaturated/α-hetero) is 1. The standard InChI is InChI=1S/C23H16BrCl2N5OS/c1-14(32)22(29-27-17-10-7-15(24)8-11-17)33-23-30-28-21(19-12-9-16(25)13-20(19)26)31(23)18-5-3-2-4-6-18/h2-13,27H,1H3/b29-22+. The lowest BCUT2D eigenvalue weighted by atomic mass is 10.2. The van der Waals surface area contributed by atoms with Crippen molar-refractivity contribution in [2.75, 3.05) is 5.43 Å². The second-order valence-electron chi connectivity index (χ2n) is 6.80. The molecule has 0 saturated carbocycles. The van der Waals surface area contributed by atoms with Crippen molar-refractivity contribution in [1.29, 1.82) is 0 Å². The number of nitrogens with zero attached hydrogens (tertiary/aromatic N) is 4. The minimum absolute atomic E-state index is 0.210. The van der Waals surface area contributed by atoms with Crippen LogP contribution in [0, 0.1) is 0 Å². The maximum absolute atomic E-state index is 12.3. The Morgan fingerprint density at radius 2 is 1.76 bits per heavy atom. The molecule has 0 fully saturated rings. The SMILES string of the molecule is CC(=O)/C(=N\Nc1ccc(Br)cc1)Sc1nnc(-c2ccc(Cl)cc2Cl)n1-c1ccccc1. The van der Waals surface area contributed by atoms with Crippen molar-refractivity contribution in [2.24, 2.45) is 5.10 Å². The topological polar surface area (TPSA) is 72.2 Å². The number of thioether (sulfide) groups is 1. The maximum atomic E-state index is 12.3. The predicted molar refractivity (Wildman–Crippen MR) is 139 cm³/mol. The quantitative estimate of drug-likeness (QED) is 0.118. The lowest BCUT2D eigenvalue weighted by Gasteiger charge is -2.11. The zero-order chi connectivity index (χ0) is 23.4. The van der Waals surface area contributed by atoms with Gasteiger partial charge in [0.05, 0.1) is 10.7 Å². The number of carbonyl (C=O) groups excluding carboxylic acids is 1. The molecule has 0 amide bonds. The van der Waals surface area contributed by atoms with Crippen LogP contribution in [0.5, 0.6) is 0 Å². The van der Waals surface area contributed by atoms with E-state index in [9.17, 15) is 4.79 Å². The number of carbonyl (C=O) groups is 1. The Morgan fingerprint density at radius 1 is 1.03 bits per heavy atom. The molecule has 0 aliphatic rings. The molecule has 33 heavy (non-hydrogen) atoms. The fourth-order valence-electron chi connectivity index (χ4n) is 2.89. The Balaban J connectivity index is 1.74. The van der Waals surface area contributed by atoms with Crippen LogP contribution in [0.4, 0.5) is 5.69 Å². The molecule has 10 heteroatoms. The molecule has 0 spiro atoms. The summed E-state index contributed by atoms with van der Waals surface area (Å²) in [5.74, 6) is 0.312. The normalized spacial score (nSPS) is 11.5. The highest BCUT2D eigenvalue weighted by atomic mass is 79.9. The van der Waals surface area contributed by atoms with Gasteiger partial charge < -0.3 is 0 Å². The lowest BCUT2D eigenvalue weighted by molar-refractivity contribution is -0.110. The van der Waals surface area contributed by atoms with Crippen molar-refractivity contribution in [3.63, 3.8) is 0 Å². The van der Waals surface area contributed by atoms with Crippen LogP contribution in [0.15, 0.2) is 87.5 Å². The summed E-state index contributed by atoms with van der Waals surface area (Å²) in [6.07, 6.45) is 0. The van der Waals surface area contributed by atoms with Crippen LogP contribution in [0.1, 0.15) is 6.92 Å². The van der Waals surface area contributed by atoms with Crippen LogP contribution < -0.4 is 5.43 Å². The van der Waals surface area contributed by atoms with Gasteiger partial charge >= 0.3 is 0 Å². The summed E-state index contributed by atoms with van der Waals surface area (Å²) >= 11 is 17.0. The summed E-state index contributed by atoms with van der Waals surface area (Å²) in [4.78, 5) is 12.3. The number of rotatable bonds is 6. The number of benzene rings is 3. The molecule has 1 N–H and O–H groups in total. The molecular formula is C23H16BrCl2N5OS. The number of halogens is 3. The Labute approximate surface area is 213 Å². The average Bonchev–Trinajstić information content (AvgIpc) is 3.21. The number of ketones is 1. The van der Waals surface area contributed by atoms with Gasteiger partial charge in [-0.3, -0.25) is 14.8 Å². The average molecular weight is 561 g/mol. The summed E-state index contributed by atoms with van der Waals surface area (Å²) in [5, 5.41) is 14.7. The molecule has 0 aliphatic heterocycles. The highest BCUT2D eigenvalue weighted by molar-refractivity contribution is 9.10. The number of nitrogens with one attached hydrogen (secondary N) is 1. The smallest absolute Gasteiger partial charge is 0.202 e. The summed E-state index contributed by atoms with van der Waals surface area (Å²) in [5.41, 5.74) is 5.14. The first-order valence-electron chi connectivity index (χ1n) is 9.66. The van der Waals surface area contributed by atoms with Gasteiger partial charge in [-0.25, -0.2) is 0 Å². The van der Waals surface area contributed by atoms with E-state index >= 15 is 0 Å². The van der Waals surface area contributed by atoms with Gasteiger partial charge in [0.25, 0.3) is 0 Å². The van der Waals surface area contributed by atoms with E-state index in [0.717, 1.165) is 27.6 Å². The predicted octanol–water partition coefficient (Wildman–Crippen LogP) is 7.11. The molecule has 3 aromatic carbocycles. The van der Waals surface area contributed by atoms with Crippen molar-refractivity contribution in [3.05, 3.63) is 87.3 Å². The number of hydrazone groups is 1. The molecular weight excluding hydrogens is 545 g/mol. The molecule has 4 rings (SSSR count). The van der Waals surface area contributed by atoms with Gasteiger partial charge in [-0.15, -0.1) is 10.2 Å². The van der Waals surface area contributed by atoms with Gasteiger partial charge in [-0.2, -0.15) is 5.10 Å². The number of anilines is 1. The number of aromatic nitrogens is 3. The number of hydrogen-bond donors (Lipinski definition) is 1. The third-order valence-corrected chi connectivity index (χ3v) is 6.54. The van der Waals surface area contributed by atoms with Gasteiger partial charge in [0.1, 0.15) is 0 Å². The van der Waals surface area contributed by atoms with E-state index in [0.29, 0.717) is 26.6 Å². The van der Waals surface area contributed by atoms with Gasteiger partial charge in [0, 0.05) is 27.7 Å². The Bertz CT molecular complexity index is 1330. The number of hydrogen-bond acceptors (Lipinski definition) is 6. The molecule has 4 aromatic rings. The Hall–Kier alpha value is -2.65. The second kappa shape index (κ2) is 10.5. The number of para-hydroxylation sites is 1. The van der Waals surface area contributed by atoms with Gasteiger partial charge in [0.2, 0.25) is 5.16 Å². The minimum Gasteiger partial charge on any atom is -0.292 e. The minimum atomic E-state index is -0.210. The zero-order valence-electron chi connectivity index (χ0n) is 17.2. The van der Waals surface area contributed by atoms with E-state index in [1.165, 1.54) is 6.92 Å². The van der Waals surface area contributed by atoms with Crippen LogP contribution >= 0.6 is 50.9 Å². The van der Waals surface area contributed by atoms with E-state index in [2.05, 4.69) is 36.7 Å². The van der Waals surface area contributed by atoms with Crippen molar-refractivity contribution in [1.82, 2.24) is 14.8 Å². The van der Waals surface area contributed by atoms with E-state index in [1.807, 2.05) is 59.2 Å². The van der Waals surface area contributed by atoms with Gasteiger partial charge in [-0.1, -0.05) is 57.3 Å². The van der Waals surface area contributed by atoms with Crippen LogP contribution in [-0.2, 0) is 4.79 Å². The molecule has 0 radical (unpaired) electrons. The molecule has 0 bridgehead atoms. The molecule has 0 unspecified atom stereocenters. The molecule has 1 aromatic heterocycles. The summed E-state index contributed by atoms with van der Waals surface area (Å²) < 4.78 is 2.78.